The molecular weight excluding hydrogens is 412 g/mol. The Balaban J connectivity index is 2.18. The fourth-order valence-corrected chi connectivity index (χ4v) is 2.88. The number of nitrogens with zero attached hydrogens (tertiary/aromatic N) is 1. The zero-order valence-corrected chi connectivity index (χ0v) is 18.5. The molecule has 0 aromatic heterocycles. The highest BCUT2D eigenvalue weighted by Crippen LogP contribution is 2.39. The predicted molar refractivity (Wildman–Crippen MR) is 120 cm³/mol. The maximum Gasteiger partial charge on any atom is 0.245 e. The Morgan fingerprint density at radius 3 is 2.22 bits per heavy atom. The van der Waals surface area contributed by atoms with E-state index in [1.165, 1.54) is 34.5 Å². The second-order valence-corrected chi connectivity index (χ2v) is 6.37. The summed E-state index contributed by atoms with van der Waals surface area (Å²) in [6.45, 7) is 3.97. The molecule has 0 bridgehead atoms. The molecular formula is C24H26N2O6. The van der Waals surface area contributed by atoms with Gasteiger partial charge in [-0.2, -0.15) is 5.26 Å². The number of carbonyl (C=O) groups is 1. The molecule has 0 radical (unpaired) electrons. The molecule has 0 aliphatic heterocycles. The molecule has 0 aliphatic rings. The molecule has 0 saturated carbocycles. The highest BCUT2D eigenvalue weighted by molar-refractivity contribution is 5.92. The lowest BCUT2D eigenvalue weighted by Gasteiger charge is -2.17. The van der Waals surface area contributed by atoms with E-state index < -0.39 is 11.9 Å². The standard InChI is InChI=1S/C24H26N2O6/c1-6-11-32-19-9-7-16(12-20(19)28-2)8-10-23(27)26-18(15-25)17-13-21(29-3)24(31-5)22(14-17)30-4/h6-10,12-14,18H,1,11H2,2-5H3,(H,26,27)/b10-8+. The highest BCUT2D eigenvalue weighted by atomic mass is 16.5. The Hall–Kier alpha value is -4.12. The van der Waals surface area contributed by atoms with Crippen LogP contribution < -0.4 is 29.0 Å². The first kappa shape index (κ1) is 24.2. The molecule has 1 atom stereocenters. The van der Waals surface area contributed by atoms with Crippen LogP contribution in [-0.2, 0) is 4.79 Å². The second kappa shape index (κ2) is 11.9. The fraction of sp³-hybridized carbons (Fsp3) is 0.250. The number of amides is 1. The first-order chi connectivity index (χ1) is 15.5. The minimum absolute atomic E-state index is 0.352. The van der Waals surface area contributed by atoms with Crippen molar-refractivity contribution in [2.75, 3.05) is 35.0 Å². The number of methoxy groups -OCH3 is 4. The summed E-state index contributed by atoms with van der Waals surface area (Å²) in [6, 6.07) is 9.65. The topological polar surface area (TPSA) is 99.0 Å². The number of carbonyl (C=O) groups excluding carboxylic acids is 1. The molecule has 1 unspecified atom stereocenters. The maximum atomic E-state index is 12.5. The van der Waals surface area contributed by atoms with Crippen molar-refractivity contribution in [3.05, 3.63) is 60.2 Å². The van der Waals surface area contributed by atoms with Crippen molar-refractivity contribution in [1.29, 1.82) is 5.26 Å². The third-order valence-corrected chi connectivity index (χ3v) is 4.41. The van der Waals surface area contributed by atoms with Gasteiger partial charge in [-0.05, 0) is 41.5 Å². The largest absolute Gasteiger partial charge is 0.493 e. The van der Waals surface area contributed by atoms with Crippen molar-refractivity contribution in [3.8, 4) is 34.8 Å². The second-order valence-electron chi connectivity index (χ2n) is 6.37. The summed E-state index contributed by atoms with van der Waals surface area (Å²) in [4.78, 5) is 12.5. The van der Waals surface area contributed by atoms with Gasteiger partial charge < -0.3 is 29.0 Å². The Morgan fingerprint density at radius 2 is 1.69 bits per heavy atom. The van der Waals surface area contributed by atoms with E-state index >= 15 is 0 Å². The molecule has 168 valence electrons. The Labute approximate surface area is 187 Å². The zero-order chi connectivity index (χ0) is 23.5. The van der Waals surface area contributed by atoms with Gasteiger partial charge in [-0.15, -0.1) is 0 Å². The summed E-state index contributed by atoms with van der Waals surface area (Å²) in [6.07, 6.45) is 4.58. The van der Waals surface area contributed by atoms with Crippen LogP contribution in [0, 0.1) is 11.3 Å². The lowest BCUT2D eigenvalue weighted by Crippen LogP contribution is -2.25. The fourth-order valence-electron chi connectivity index (χ4n) is 2.88. The van der Waals surface area contributed by atoms with E-state index in [9.17, 15) is 10.1 Å². The van der Waals surface area contributed by atoms with E-state index in [0.717, 1.165) is 5.56 Å². The van der Waals surface area contributed by atoms with Gasteiger partial charge in [-0.25, -0.2) is 0 Å². The molecule has 0 fully saturated rings. The number of rotatable bonds is 11. The number of nitriles is 1. The summed E-state index contributed by atoms with van der Waals surface area (Å²) in [5.74, 6) is 1.82. The van der Waals surface area contributed by atoms with Gasteiger partial charge in [0, 0.05) is 6.08 Å². The van der Waals surface area contributed by atoms with Gasteiger partial charge >= 0.3 is 0 Å². The lowest BCUT2D eigenvalue weighted by molar-refractivity contribution is -0.116. The third kappa shape index (κ3) is 5.95. The Morgan fingerprint density at radius 1 is 1.03 bits per heavy atom. The molecule has 2 rings (SSSR count). The van der Waals surface area contributed by atoms with Crippen molar-refractivity contribution >= 4 is 12.0 Å². The normalized spacial score (nSPS) is 11.2. The van der Waals surface area contributed by atoms with Gasteiger partial charge in [0.1, 0.15) is 12.6 Å². The molecule has 0 aliphatic carbocycles. The Bertz CT molecular complexity index is 1000. The van der Waals surface area contributed by atoms with Crippen LogP contribution in [0.15, 0.2) is 49.1 Å². The SMILES string of the molecule is C=CCOc1ccc(/C=C/C(=O)NC(C#N)c2cc(OC)c(OC)c(OC)c2)cc1OC. The van der Waals surface area contributed by atoms with Crippen LogP contribution in [0.4, 0.5) is 0 Å². The Kier molecular flexibility index (Phi) is 8.99. The van der Waals surface area contributed by atoms with Crippen LogP contribution in [0.3, 0.4) is 0 Å². The molecule has 0 spiro atoms. The van der Waals surface area contributed by atoms with Gasteiger partial charge in [0.2, 0.25) is 11.7 Å². The number of ether oxygens (including phenoxy) is 5. The minimum Gasteiger partial charge on any atom is -0.493 e. The van der Waals surface area contributed by atoms with E-state index in [4.69, 9.17) is 23.7 Å². The van der Waals surface area contributed by atoms with Gasteiger partial charge in [0.25, 0.3) is 0 Å². The quantitative estimate of drug-likeness (QED) is 0.422. The predicted octanol–water partition coefficient (Wildman–Crippen LogP) is 3.68. The molecule has 8 heteroatoms. The maximum absolute atomic E-state index is 12.5. The molecule has 0 saturated heterocycles. The summed E-state index contributed by atoms with van der Waals surface area (Å²) < 4.78 is 26.7. The average molecular weight is 438 g/mol. The number of hydrogen-bond donors (Lipinski definition) is 1. The molecule has 0 heterocycles. The van der Waals surface area contributed by atoms with Crippen molar-refractivity contribution in [2.45, 2.75) is 6.04 Å². The summed E-state index contributed by atoms with van der Waals surface area (Å²) >= 11 is 0. The smallest absolute Gasteiger partial charge is 0.245 e. The molecule has 8 nitrogen and oxygen atoms in total. The van der Waals surface area contributed by atoms with Crippen molar-refractivity contribution in [2.24, 2.45) is 0 Å². The van der Waals surface area contributed by atoms with E-state index in [1.807, 2.05) is 0 Å². The first-order valence-electron chi connectivity index (χ1n) is 9.61. The summed E-state index contributed by atoms with van der Waals surface area (Å²) in [5.41, 5.74) is 1.22. The molecule has 2 aromatic carbocycles. The van der Waals surface area contributed by atoms with Crippen LogP contribution in [-0.4, -0.2) is 41.0 Å². The highest BCUT2D eigenvalue weighted by Gasteiger charge is 2.19. The van der Waals surface area contributed by atoms with Crippen LogP contribution in [0.25, 0.3) is 6.08 Å². The van der Waals surface area contributed by atoms with Crippen molar-refractivity contribution in [1.82, 2.24) is 5.32 Å². The molecule has 2 aromatic rings. The van der Waals surface area contributed by atoms with Crippen molar-refractivity contribution in [3.63, 3.8) is 0 Å². The van der Waals surface area contributed by atoms with Crippen LogP contribution in [0.2, 0.25) is 0 Å². The summed E-state index contributed by atoms with van der Waals surface area (Å²) in [5, 5.41) is 12.3. The monoisotopic (exact) mass is 438 g/mol. The summed E-state index contributed by atoms with van der Waals surface area (Å²) in [7, 11) is 5.98. The lowest BCUT2D eigenvalue weighted by atomic mass is 10.1. The molecule has 1 N–H and O–H groups in total. The molecule has 32 heavy (non-hydrogen) atoms. The minimum atomic E-state index is -0.926. The molecule has 1 amide bonds. The van der Waals surface area contributed by atoms with Gasteiger partial charge in [0.05, 0.1) is 34.5 Å². The van der Waals surface area contributed by atoms with Crippen molar-refractivity contribution < 1.29 is 28.5 Å². The number of hydrogen-bond acceptors (Lipinski definition) is 7. The van der Waals surface area contributed by atoms with E-state index in [2.05, 4.69) is 18.0 Å². The van der Waals surface area contributed by atoms with Crippen LogP contribution >= 0.6 is 0 Å². The van der Waals surface area contributed by atoms with Gasteiger partial charge in [0.15, 0.2) is 23.0 Å². The zero-order valence-electron chi connectivity index (χ0n) is 18.5. The number of nitrogens with one attached hydrogen (secondary N) is 1. The van der Waals surface area contributed by atoms with E-state index in [-0.39, 0.29) is 0 Å². The van der Waals surface area contributed by atoms with Crippen LogP contribution in [0.5, 0.6) is 28.7 Å². The van der Waals surface area contributed by atoms with Gasteiger partial charge in [-0.3, -0.25) is 4.79 Å². The average Bonchev–Trinajstić information content (AvgIpc) is 2.83. The first-order valence-corrected chi connectivity index (χ1v) is 9.61. The van der Waals surface area contributed by atoms with E-state index in [1.54, 1.807) is 42.5 Å². The number of benzene rings is 2. The van der Waals surface area contributed by atoms with Gasteiger partial charge in [-0.1, -0.05) is 18.7 Å². The van der Waals surface area contributed by atoms with E-state index in [0.29, 0.717) is 40.9 Å². The third-order valence-electron chi connectivity index (χ3n) is 4.41. The van der Waals surface area contributed by atoms with Crippen LogP contribution in [0.1, 0.15) is 17.2 Å².